The van der Waals surface area contributed by atoms with Crippen LogP contribution < -0.4 is 5.32 Å². The number of hydrogen-bond donors (Lipinski definition) is 2. The predicted octanol–water partition coefficient (Wildman–Crippen LogP) is 2.84. The van der Waals surface area contributed by atoms with Crippen molar-refractivity contribution >= 4 is 28.5 Å². The molecule has 2 atom stereocenters. The van der Waals surface area contributed by atoms with E-state index < -0.39 is 17.9 Å². The summed E-state index contributed by atoms with van der Waals surface area (Å²) in [5.41, 5.74) is 0.510. The van der Waals surface area contributed by atoms with Gasteiger partial charge in [-0.1, -0.05) is 36.5 Å². The van der Waals surface area contributed by atoms with E-state index >= 15 is 0 Å². The van der Waals surface area contributed by atoms with E-state index in [9.17, 15) is 19.1 Å². The molecule has 7 nitrogen and oxygen atoms in total. The number of rotatable bonds is 4. The normalized spacial score (nSPS) is 20.0. The lowest BCUT2D eigenvalue weighted by Crippen LogP contribution is -2.47. The second kappa shape index (κ2) is 7.77. The standard InChI is InChI=1S/C17H19FN4O3S/c1-10-6-12(15(23)24)9-22(8-10)17(25)19-16-21-20-14(26-16)7-11-4-2-3-5-13(11)18/h2-5,10,12H,6-9H2,1H3,(H,23,24)(H,19,21,25). The zero-order valence-corrected chi connectivity index (χ0v) is 15.0. The zero-order chi connectivity index (χ0) is 18.7. The Hall–Kier alpha value is -2.55. The van der Waals surface area contributed by atoms with Crippen LogP contribution in [0.2, 0.25) is 0 Å². The number of carboxylic acids is 1. The number of benzene rings is 1. The SMILES string of the molecule is CC1CC(C(=O)O)CN(C(=O)Nc2nnc(Cc3ccccc3F)s2)C1. The maximum Gasteiger partial charge on any atom is 0.323 e. The van der Waals surface area contributed by atoms with Gasteiger partial charge in [0, 0.05) is 19.5 Å². The first kappa shape index (κ1) is 18.2. The molecule has 1 aromatic carbocycles. The number of carbonyl (C=O) groups is 2. The van der Waals surface area contributed by atoms with Crippen LogP contribution in [-0.2, 0) is 11.2 Å². The molecular formula is C17H19FN4O3S. The molecule has 2 aromatic rings. The summed E-state index contributed by atoms with van der Waals surface area (Å²) in [5.74, 6) is -1.65. The third-order valence-electron chi connectivity index (χ3n) is 4.28. The second-order valence-electron chi connectivity index (χ2n) is 6.48. The first-order chi connectivity index (χ1) is 12.4. The Morgan fingerprint density at radius 3 is 2.85 bits per heavy atom. The van der Waals surface area contributed by atoms with Crippen LogP contribution in [0.4, 0.5) is 14.3 Å². The number of piperidine rings is 1. The van der Waals surface area contributed by atoms with E-state index in [0.717, 1.165) is 0 Å². The molecule has 1 fully saturated rings. The van der Waals surface area contributed by atoms with Crippen LogP contribution in [0.15, 0.2) is 24.3 Å². The number of likely N-dealkylation sites (tertiary alicyclic amines) is 1. The first-order valence-electron chi connectivity index (χ1n) is 8.27. The zero-order valence-electron chi connectivity index (χ0n) is 14.2. The highest BCUT2D eigenvalue weighted by Gasteiger charge is 2.32. The molecule has 3 rings (SSSR count). The quantitative estimate of drug-likeness (QED) is 0.853. The van der Waals surface area contributed by atoms with Crippen LogP contribution in [0.3, 0.4) is 0 Å². The second-order valence-corrected chi connectivity index (χ2v) is 7.54. The average molecular weight is 378 g/mol. The number of carbonyl (C=O) groups excluding carboxylic acids is 1. The molecule has 26 heavy (non-hydrogen) atoms. The van der Waals surface area contributed by atoms with Gasteiger partial charge in [-0.25, -0.2) is 9.18 Å². The summed E-state index contributed by atoms with van der Waals surface area (Å²) >= 11 is 1.17. The molecule has 0 bridgehead atoms. The fourth-order valence-corrected chi connectivity index (χ4v) is 3.80. The van der Waals surface area contributed by atoms with Gasteiger partial charge in [-0.3, -0.25) is 10.1 Å². The number of amides is 2. The lowest BCUT2D eigenvalue weighted by molar-refractivity contribution is -0.143. The Kier molecular flexibility index (Phi) is 5.46. The molecule has 0 aliphatic carbocycles. The molecule has 2 unspecified atom stereocenters. The van der Waals surface area contributed by atoms with Crippen molar-refractivity contribution in [1.29, 1.82) is 0 Å². The molecule has 9 heteroatoms. The molecule has 1 saturated heterocycles. The van der Waals surface area contributed by atoms with Crippen LogP contribution in [-0.4, -0.2) is 45.3 Å². The number of aliphatic carboxylic acids is 1. The maximum atomic E-state index is 13.7. The van der Waals surface area contributed by atoms with Crippen LogP contribution >= 0.6 is 11.3 Å². The number of halogens is 1. The Morgan fingerprint density at radius 2 is 2.12 bits per heavy atom. The van der Waals surface area contributed by atoms with E-state index in [1.807, 2.05) is 6.92 Å². The number of hydrogen-bond acceptors (Lipinski definition) is 5. The Balaban J connectivity index is 1.62. The highest BCUT2D eigenvalue weighted by atomic mass is 32.1. The predicted molar refractivity (Wildman–Crippen MR) is 94.6 cm³/mol. The number of urea groups is 1. The van der Waals surface area contributed by atoms with Crippen molar-refractivity contribution in [3.63, 3.8) is 0 Å². The fourth-order valence-electron chi connectivity index (χ4n) is 3.05. The largest absolute Gasteiger partial charge is 0.481 e. The number of anilines is 1. The van der Waals surface area contributed by atoms with Crippen molar-refractivity contribution < 1.29 is 19.1 Å². The molecule has 2 heterocycles. The van der Waals surface area contributed by atoms with Crippen molar-refractivity contribution in [2.45, 2.75) is 19.8 Å². The average Bonchev–Trinajstić information content (AvgIpc) is 3.03. The van der Waals surface area contributed by atoms with E-state index in [-0.39, 0.29) is 18.3 Å². The lowest BCUT2D eigenvalue weighted by Gasteiger charge is -2.34. The molecule has 0 radical (unpaired) electrons. The molecular weight excluding hydrogens is 359 g/mol. The Bertz CT molecular complexity index is 813. The van der Waals surface area contributed by atoms with Crippen molar-refractivity contribution in [2.24, 2.45) is 11.8 Å². The highest BCUT2D eigenvalue weighted by Crippen LogP contribution is 2.24. The molecule has 2 N–H and O–H groups in total. The highest BCUT2D eigenvalue weighted by molar-refractivity contribution is 7.15. The molecule has 0 spiro atoms. The van der Waals surface area contributed by atoms with Gasteiger partial charge in [0.05, 0.1) is 5.92 Å². The summed E-state index contributed by atoms with van der Waals surface area (Å²) in [6.45, 7) is 2.59. The van der Waals surface area contributed by atoms with Crippen molar-refractivity contribution in [3.8, 4) is 0 Å². The topological polar surface area (TPSA) is 95.4 Å². The van der Waals surface area contributed by atoms with Gasteiger partial charge in [0.2, 0.25) is 5.13 Å². The lowest BCUT2D eigenvalue weighted by atomic mass is 9.91. The third-order valence-corrected chi connectivity index (χ3v) is 5.12. The summed E-state index contributed by atoms with van der Waals surface area (Å²) in [5, 5.41) is 20.7. The molecule has 1 aromatic heterocycles. The molecule has 2 amide bonds. The Morgan fingerprint density at radius 1 is 1.35 bits per heavy atom. The van der Waals surface area contributed by atoms with E-state index in [1.54, 1.807) is 18.2 Å². The molecule has 0 saturated carbocycles. The molecule has 1 aliphatic rings. The van der Waals surface area contributed by atoms with Crippen LogP contribution in [0, 0.1) is 17.7 Å². The van der Waals surface area contributed by atoms with Crippen LogP contribution in [0.5, 0.6) is 0 Å². The number of carboxylic acid groups (broad SMARTS) is 1. The van der Waals surface area contributed by atoms with Gasteiger partial charge in [0.15, 0.2) is 0 Å². The number of aromatic nitrogens is 2. The Labute approximate surface area is 153 Å². The van der Waals surface area contributed by atoms with Gasteiger partial charge in [0.25, 0.3) is 0 Å². The van der Waals surface area contributed by atoms with E-state index in [4.69, 9.17) is 0 Å². The van der Waals surface area contributed by atoms with Gasteiger partial charge in [0.1, 0.15) is 10.8 Å². The van der Waals surface area contributed by atoms with Gasteiger partial charge in [-0.2, -0.15) is 0 Å². The molecule has 138 valence electrons. The van der Waals surface area contributed by atoms with E-state index in [2.05, 4.69) is 15.5 Å². The summed E-state index contributed by atoms with van der Waals surface area (Å²) in [6, 6.07) is 6.04. The van der Waals surface area contributed by atoms with Crippen LogP contribution in [0.1, 0.15) is 23.9 Å². The van der Waals surface area contributed by atoms with Gasteiger partial charge >= 0.3 is 12.0 Å². The number of nitrogens with one attached hydrogen (secondary N) is 1. The molecule has 1 aliphatic heterocycles. The van der Waals surface area contributed by atoms with Gasteiger partial charge < -0.3 is 10.0 Å². The van der Waals surface area contributed by atoms with Crippen molar-refractivity contribution in [2.75, 3.05) is 18.4 Å². The third kappa shape index (κ3) is 4.34. The summed E-state index contributed by atoms with van der Waals surface area (Å²) in [4.78, 5) is 25.1. The van der Waals surface area contributed by atoms with Crippen LogP contribution in [0.25, 0.3) is 0 Å². The fraction of sp³-hybridized carbons (Fsp3) is 0.412. The minimum Gasteiger partial charge on any atom is -0.481 e. The minimum atomic E-state index is -0.891. The van der Waals surface area contributed by atoms with Gasteiger partial charge in [-0.05, 0) is 24.0 Å². The van der Waals surface area contributed by atoms with E-state index in [1.165, 1.54) is 22.3 Å². The monoisotopic (exact) mass is 378 g/mol. The summed E-state index contributed by atoms with van der Waals surface area (Å²) in [7, 11) is 0. The van der Waals surface area contributed by atoms with Crippen molar-refractivity contribution in [3.05, 3.63) is 40.7 Å². The minimum absolute atomic E-state index is 0.113. The van der Waals surface area contributed by atoms with E-state index in [0.29, 0.717) is 35.1 Å². The first-order valence-corrected chi connectivity index (χ1v) is 9.08. The van der Waals surface area contributed by atoms with Crippen molar-refractivity contribution in [1.82, 2.24) is 15.1 Å². The smallest absolute Gasteiger partial charge is 0.323 e. The summed E-state index contributed by atoms with van der Waals surface area (Å²) in [6.07, 6.45) is 0.854. The number of nitrogens with zero attached hydrogens (tertiary/aromatic N) is 3. The summed E-state index contributed by atoms with van der Waals surface area (Å²) < 4.78 is 13.7. The maximum absolute atomic E-state index is 13.7. The van der Waals surface area contributed by atoms with Gasteiger partial charge in [-0.15, -0.1) is 10.2 Å².